The zero-order chi connectivity index (χ0) is 21.2. The monoisotopic (exact) mass is 403 g/mol. The quantitative estimate of drug-likeness (QED) is 0.481. The molecule has 0 aliphatic rings. The third-order valence-electron chi connectivity index (χ3n) is 3.96. The Morgan fingerprint density at radius 1 is 0.897 bits per heavy atom. The minimum absolute atomic E-state index is 0.0762. The predicted molar refractivity (Wildman–Crippen MR) is 106 cm³/mol. The Kier molecular flexibility index (Phi) is 8.14. The van der Waals surface area contributed by atoms with Crippen LogP contribution in [0.1, 0.15) is 15.9 Å². The second kappa shape index (κ2) is 10.8. The SMILES string of the molecule is COc1cc(C(=O)NCC(=O)OCCOc2ccc(C)cc2)cc(OC)c1OC. The van der Waals surface area contributed by atoms with Crippen LogP contribution in [0, 0.1) is 6.92 Å². The standard InChI is InChI=1S/C21H25NO7/c1-14-5-7-16(8-6-14)28-9-10-29-19(23)13-22-21(24)15-11-17(25-2)20(27-4)18(12-15)26-3/h5-8,11-12H,9-10,13H2,1-4H3,(H,22,24). The van der Waals surface area contributed by atoms with Gasteiger partial charge >= 0.3 is 5.97 Å². The maximum atomic E-state index is 12.3. The molecule has 0 saturated carbocycles. The van der Waals surface area contributed by atoms with Gasteiger partial charge in [-0.25, -0.2) is 0 Å². The number of carbonyl (C=O) groups excluding carboxylic acids is 2. The molecule has 0 aliphatic heterocycles. The lowest BCUT2D eigenvalue weighted by Gasteiger charge is -2.14. The molecule has 0 radical (unpaired) electrons. The number of rotatable bonds is 10. The first-order valence-corrected chi connectivity index (χ1v) is 8.91. The molecule has 0 atom stereocenters. The van der Waals surface area contributed by atoms with Gasteiger partial charge in [0.25, 0.3) is 5.91 Å². The molecular formula is C21H25NO7. The first kappa shape index (κ1) is 21.9. The van der Waals surface area contributed by atoms with E-state index in [0.717, 1.165) is 5.56 Å². The van der Waals surface area contributed by atoms with Crippen molar-refractivity contribution >= 4 is 11.9 Å². The van der Waals surface area contributed by atoms with Gasteiger partial charge in [-0.2, -0.15) is 0 Å². The van der Waals surface area contributed by atoms with Crippen molar-refractivity contribution in [1.29, 1.82) is 0 Å². The fourth-order valence-electron chi connectivity index (χ4n) is 2.47. The van der Waals surface area contributed by atoms with Crippen LogP contribution in [0.5, 0.6) is 23.0 Å². The van der Waals surface area contributed by atoms with Crippen LogP contribution in [0.3, 0.4) is 0 Å². The van der Waals surface area contributed by atoms with Gasteiger partial charge in [0.05, 0.1) is 21.3 Å². The van der Waals surface area contributed by atoms with Crippen LogP contribution in [-0.4, -0.2) is 53.0 Å². The second-order valence-electron chi connectivity index (χ2n) is 5.98. The lowest BCUT2D eigenvalue weighted by atomic mass is 10.1. The number of hydrogen-bond donors (Lipinski definition) is 1. The summed E-state index contributed by atoms with van der Waals surface area (Å²) in [5, 5.41) is 2.50. The van der Waals surface area contributed by atoms with E-state index in [2.05, 4.69) is 5.32 Å². The summed E-state index contributed by atoms with van der Waals surface area (Å²) in [6, 6.07) is 10.5. The number of hydrogen-bond acceptors (Lipinski definition) is 7. The fourth-order valence-corrected chi connectivity index (χ4v) is 2.47. The van der Waals surface area contributed by atoms with Gasteiger partial charge in [-0.15, -0.1) is 0 Å². The Morgan fingerprint density at radius 2 is 1.52 bits per heavy atom. The molecule has 0 aliphatic carbocycles. The van der Waals surface area contributed by atoms with Crippen LogP contribution >= 0.6 is 0 Å². The maximum absolute atomic E-state index is 12.3. The topological polar surface area (TPSA) is 92.3 Å². The van der Waals surface area contributed by atoms with Crippen LogP contribution < -0.4 is 24.3 Å². The molecule has 1 amide bonds. The van der Waals surface area contributed by atoms with Crippen molar-refractivity contribution in [3.63, 3.8) is 0 Å². The van der Waals surface area contributed by atoms with Crippen LogP contribution in [0.15, 0.2) is 36.4 Å². The van der Waals surface area contributed by atoms with Crippen molar-refractivity contribution in [1.82, 2.24) is 5.32 Å². The van der Waals surface area contributed by atoms with Crippen molar-refractivity contribution in [2.45, 2.75) is 6.92 Å². The third kappa shape index (κ3) is 6.31. The van der Waals surface area contributed by atoms with Crippen molar-refractivity contribution in [2.24, 2.45) is 0 Å². The summed E-state index contributed by atoms with van der Waals surface area (Å²) in [4.78, 5) is 24.2. The van der Waals surface area contributed by atoms with E-state index in [9.17, 15) is 9.59 Å². The molecule has 8 heteroatoms. The van der Waals surface area contributed by atoms with Crippen LogP contribution in [0.4, 0.5) is 0 Å². The summed E-state index contributed by atoms with van der Waals surface area (Å²) in [6.45, 7) is 2.00. The molecule has 8 nitrogen and oxygen atoms in total. The summed E-state index contributed by atoms with van der Waals surface area (Å²) in [5.74, 6) is 0.706. The molecule has 2 aromatic carbocycles. The highest BCUT2D eigenvalue weighted by atomic mass is 16.6. The molecule has 2 aromatic rings. The van der Waals surface area contributed by atoms with Gasteiger partial charge in [0.15, 0.2) is 11.5 Å². The van der Waals surface area contributed by atoms with E-state index in [0.29, 0.717) is 23.0 Å². The lowest BCUT2D eigenvalue weighted by molar-refractivity contribution is -0.143. The Bertz CT molecular complexity index is 808. The number of benzene rings is 2. The molecule has 0 aromatic heterocycles. The van der Waals surface area contributed by atoms with Crippen LogP contribution in [-0.2, 0) is 9.53 Å². The average molecular weight is 403 g/mol. The number of aryl methyl sites for hydroxylation is 1. The number of carbonyl (C=O) groups is 2. The van der Waals surface area contributed by atoms with Gasteiger partial charge in [0.2, 0.25) is 5.75 Å². The summed E-state index contributed by atoms with van der Waals surface area (Å²) in [5.41, 5.74) is 1.39. The van der Waals surface area contributed by atoms with E-state index in [1.807, 2.05) is 31.2 Å². The number of esters is 1. The van der Waals surface area contributed by atoms with E-state index in [1.54, 1.807) is 0 Å². The molecule has 29 heavy (non-hydrogen) atoms. The highest BCUT2D eigenvalue weighted by Gasteiger charge is 2.17. The summed E-state index contributed by atoms with van der Waals surface area (Å²) < 4.78 is 26.2. The molecule has 1 N–H and O–H groups in total. The zero-order valence-corrected chi connectivity index (χ0v) is 16.9. The number of ether oxygens (including phenoxy) is 5. The van der Waals surface area contributed by atoms with E-state index >= 15 is 0 Å². The Balaban J connectivity index is 1.80. The summed E-state index contributed by atoms with van der Waals surface area (Å²) in [7, 11) is 4.38. The smallest absolute Gasteiger partial charge is 0.325 e. The Hall–Kier alpha value is -3.42. The molecule has 0 bridgehead atoms. The fraction of sp³-hybridized carbons (Fsp3) is 0.333. The normalized spacial score (nSPS) is 10.1. The molecule has 156 valence electrons. The van der Waals surface area contributed by atoms with E-state index < -0.39 is 11.9 Å². The van der Waals surface area contributed by atoms with Crippen LogP contribution in [0.25, 0.3) is 0 Å². The van der Waals surface area contributed by atoms with Gasteiger partial charge in [-0.05, 0) is 31.2 Å². The van der Waals surface area contributed by atoms with E-state index in [-0.39, 0.29) is 25.3 Å². The van der Waals surface area contributed by atoms with Crippen molar-refractivity contribution in [3.8, 4) is 23.0 Å². The molecular weight excluding hydrogens is 378 g/mol. The minimum atomic E-state index is -0.571. The van der Waals surface area contributed by atoms with Gasteiger partial charge in [0, 0.05) is 5.56 Å². The van der Waals surface area contributed by atoms with Gasteiger partial charge in [-0.1, -0.05) is 17.7 Å². The largest absolute Gasteiger partial charge is 0.493 e. The highest BCUT2D eigenvalue weighted by molar-refractivity contribution is 5.97. The number of nitrogens with one attached hydrogen (secondary N) is 1. The van der Waals surface area contributed by atoms with Crippen molar-refractivity contribution in [2.75, 3.05) is 41.1 Å². The lowest BCUT2D eigenvalue weighted by Crippen LogP contribution is -2.31. The summed E-state index contributed by atoms with van der Waals surface area (Å²) in [6.07, 6.45) is 0. The first-order chi connectivity index (χ1) is 14.0. The Labute approximate surface area is 169 Å². The van der Waals surface area contributed by atoms with Crippen LogP contribution in [0.2, 0.25) is 0 Å². The van der Waals surface area contributed by atoms with Crippen molar-refractivity contribution < 1.29 is 33.3 Å². The highest BCUT2D eigenvalue weighted by Crippen LogP contribution is 2.38. The minimum Gasteiger partial charge on any atom is -0.493 e. The molecule has 2 rings (SSSR count). The number of amides is 1. The van der Waals surface area contributed by atoms with Gasteiger partial charge in [0.1, 0.15) is 25.5 Å². The molecule has 0 heterocycles. The van der Waals surface area contributed by atoms with Crippen molar-refractivity contribution in [3.05, 3.63) is 47.5 Å². The molecule has 0 saturated heterocycles. The molecule has 0 fully saturated rings. The number of methoxy groups -OCH3 is 3. The Morgan fingerprint density at radius 3 is 2.07 bits per heavy atom. The third-order valence-corrected chi connectivity index (χ3v) is 3.96. The predicted octanol–water partition coefficient (Wildman–Crippen LogP) is 2.37. The van der Waals surface area contributed by atoms with Gasteiger partial charge in [-0.3, -0.25) is 9.59 Å². The van der Waals surface area contributed by atoms with Gasteiger partial charge < -0.3 is 29.0 Å². The molecule has 0 spiro atoms. The molecule has 0 unspecified atom stereocenters. The van der Waals surface area contributed by atoms with E-state index in [1.165, 1.54) is 33.5 Å². The maximum Gasteiger partial charge on any atom is 0.325 e. The van der Waals surface area contributed by atoms with E-state index in [4.69, 9.17) is 23.7 Å². The average Bonchev–Trinajstić information content (AvgIpc) is 2.75. The second-order valence-corrected chi connectivity index (χ2v) is 5.98. The zero-order valence-electron chi connectivity index (χ0n) is 16.9. The summed E-state index contributed by atoms with van der Waals surface area (Å²) >= 11 is 0. The first-order valence-electron chi connectivity index (χ1n) is 8.91.